The number of carbonyl (C=O) groups excluding carboxylic acids is 2. The summed E-state index contributed by atoms with van der Waals surface area (Å²) in [5.74, 6) is 0.318. The zero-order valence-electron chi connectivity index (χ0n) is 20.0. The third-order valence-electron chi connectivity index (χ3n) is 4.88. The lowest BCUT2D eigenvalue weighted by atomic mass is 10.1. The number of allylic oxidation sites excluding steroid dienone is 2. The molecule has 0 saturated heterocycles. The fraction of sp³-hybridized carbons (Fsp3) is 0.556. The first-order chi connectivity index (χ1) is 15.6. The van der Waals surface area contributed by atoms with Crippen LogP contribution in [0.5, 0.6) is 5.75 Å². The van der Waals surface area contributed by atoms with E-state index in [1.54, 1.807) is 6.92 Å². The Labute approximate surface area is 193 Å². The van der Waals surface area contributed by atoms with Gasteiger partial charge in [0.25, 0.3) is 0 Å². The summed E-state index contributed by atoms with van der Waals surface area (Å²) in [6.07, 6.45) is 16.6. The summed E-state index contributed by atoms with van der Waals surface area (Å²) in [4.78, 5) is 22.8. The van der Waals surface area contributed by atoms with Crippen LogP contribution in [0.2, 0.25) is 0 Å². The van der Waals surface area contributed by atoms with Crippen molar-refractivity contribution in [3.63, 3.8) is 0 Å². The van der Waals surface area contributed by atoms with Gasteiger partial charge < -0.3 is 14.2 Å². The Kier molecular flexibility index (Phi) is 15.5. The smallest absolute Gasteiger partial charge is 0.305 e. The third kappa shape index (κ3) is 13.7. The minimum Gasteiger partial charge on any atom is -0.493 e. The third-order valence-corrected chi connectivity index (χ3v) is 4.88. The van der Waals surface area contributed by atoms with E-state index in [2.05, 4.69) is 6.92 Å². The van der Waals surface area contributed by atoms with Crippen molar-refractivity contribution in [3.05, 3.63) is 48.1 Å². The first-order valence-corrected chi connectivity index (χ1v) is 12.0. The first kappa shape index (κ1) is 27.5. The molecule has 0 bridgehead atoms. The molecule has 0 spiro atoms. The van der Waals surface area contributed by atoms with Crippen LogP contribution in [-0.2, 0) is 19.1 Å². The summed E-state index contributed by atoms with van der Waals surface area (Å²) in [5.41, 5.74) is 0.952. The topological polar surface area (TPSA) is 61.8 Å². The molecule has 1 unspecified atom stereocenters. The van der Waals surface area contributed by atoms with Crippen molar-refractivity contribution in [1.82, 2.24) is 0 Å². The Balaban J connectivity index is 2.52. The summed E-state index contributed by atoms with van der Waals surface area (Å²) >= 11 is 0. The van der Waals surface area contributed by atoms with Crippen molar-refractivity contribution >= 4 is 18.0 Å². The van der Waals surface area contributed by atoms with E-state index >= 15 is 0 Å². The van der Waals surface area contributed by atoms with Crippen LogP contribution in [0.4, 0.5) is 0 Å². The van der Waals surface area contributed by atoms with Crippen LogP contribution in [-0.4, -0.2) is 31.3 Å². The molecule has 5 heteroatoms. The highest BCUT2D eigenvalue weighted by Gasteiger charge is 2.07. The van der Waals surface area contributed by atoms with Gasteiger partial charge in [-0.1, -0.05) is 75.5 Å². The molecule has 1 atom stereocenters. The van der Waals surface area contributed by atoms with Crippen LogP contribution in [0.1, 0.15) is 84.1 Å². The Hall–Kier alpha value is -2.56. The van der Waals surface area contributed by atoms with Gasteiger partial charge in [0.1, 0.15) is 11.9 Å². The van der Waals surface area contributed by atoms with Crippen molar-refractivity contribution in [2.75, 3.05) is 13.2 Å². The molecule has 0 heterocycles. The van der Waals surface area contributed by atoms with E-state index in [1.807, 2.05) is 48.6 Å². The van der Waals surface area contributed by atoms with Gasteiger partial charge in [-0.15, -0.1) is 0 Å². The van der Waals surface area contributed by atoms with Crippen LogP contribution in [0.15, 0.2) is 42.5 Å². The molecular weight excluding hydrogens is 404 g/mol. The number of benzene rings is 1. The SMILES string of the molecule is CCCCCCCCC(C=CC=Cc1ccccc1OCCCC(=O)OCC)OC(C)=O. The second kappa shape index (κ2) is 18.1. The Morgan fingerprint density at radius 3 is 2.47 bits per heavy atom. The lowest BCUT2D eigenvalue weighted by Crippen LogP contribution is -2.13. The number of carbonyl (C=O) groups is 2. The number of hydrogen-bond acceptors (Lipinski definition) is 5. The molecule has 32 heavy (non-hydrogen) atoms. The molecule has 178 valence electrons. The molecule has 0 saturated carbocycles. The maximum absolute atomic E-state index is 11.4. The summed E-state index contributed by atoms with van der Waals surface area (Å²) in [6, 6.07) is 7.76. The van der Waals surface area contributed by atoms with Gasteiger partial charge in [0, 0.05) is 18.9 Å². The summed E-state index contributed by atoms with van der Waals surface area (Å²) < 4.78 is 16.2. The maximum Gasteiger partial charge on any atom is 0.305 e. The number of hydrogen-bond donors (Lipinski definition) is 0. The summed E-state index contributed by atoms with van der Waals surface area (Å²) in [5, 5.41) is 0. The van der Waals surface area contributed by atoms with Crippen LogP contribution in [0, 0.1) is 0 Å². The quantitative estimate of drug-likeness (QED) is 0.153. The Bertz CT molecular complexity index is 708. The molecular formula is C27H40O5. The van der Waals surface area contributed by atoms with Gasteiger partial charge >= 0.3 is 11.9 Å². The number of ether oxygens (including phenoxy) is 3. The predicted molar refractivity (Wildman–Crippen MR) is 130 cm³/mol. The monoisotopic (exact) mass is 444 g/mol. The van der Waals surface area contributed by atoms with Crippen LogP contribution < -0.4 is 4.74 Å². The molecule has 0 fully saturated rings. The Morgan fingerprint density at radius 2 is 1.72 bits per heavy atom. The van der Waals surface area contributed by atoms with Gasteiger partial charge in [0.15, 0.2) is 0 Å². The van der Waals surface area contributed by atoms with Crippen molar-refractivity contribution in [2.45, 2.75) is 84.7 Å². The lowest BCUT2D eigenvalue weighted by Gasteiger charge is -2.12. The fourth-order valence-corrected chi connectivity index (χ4v) is 3.26. The largest absolute Gasteiger partial charge is 0.493 e. The minimum atomic E-state index is -0.254. The van der Waals surface area contributed by atoms with Crippen molar-refractivity contribution < 1.29 is 23.8 Å². The lowest BCUT2D eigenvalue weighted by molar-refractivity contribution is -0.145. The second-order valence-corrected chi connectivity index (χ2v) is 7.74. The molecule has 0 amide bonds. The van der Waals surface area contributed by atoms with E-state index in [0.29, 0.717) is 26.1 Å². The minimum absolute atomic E-state index is 0.197. The maximum atomic E-state index is 11.4. The van der Waals surface area contributed by atoms with E-state index in [9.17, 15) is 9.59 Å². The fourth-order valence-electron chi connectivity index (χ4n) is 3.26. The van der Waals surface area contributed by atoms with E-state index in [-0.39, 0.29) is 18.0 Å². The van der Waals surface area contributed by atoms with Gasteiger partial charge in [-0.3, -0.25) is 9.59 Å². The van der Waals surface area contributed by atoms with Gasteiger partial charge in [-0.25, -0.2) is 0 Å². The zero-order chi connectivity index (χ0) is 23.4. The van der Waals surface area contributed by atoms with Gasteiger partial charge in [-0.2, -0.15) is 0 Å². The predicted octanol–water partition coefficient (Wildman–Crippen LogP) is 6.66. The molecule has 0 N–H and O–H groups in total. The molecule has 0 aliphatic rings. The highest BCUT2D eigenvalue weighted by molar-refractivity contribution is 5.69. The highest BCUT2D eigenvalue weighted by atomic mass is 16.5. The molecule has 0 aromatic heterocycles. The van der Waals surface area contributed by atoms with Gasteiger partial charge in [-0.05, 0) is 38.3 Å². The van der Waals surface area contributed by atoms with Gasteiger partial charge in [0.05, 0.1) is 13.2 Å². The Morgan fingerprint density at radius 1 is 0.969 bits per heavy atom. The second-order valence-electron chi connectivity index (χ2n) is 7.74. The molecule has 0 aliphatic heterocycles. The van der Waals surface area contributed by atoms with Crippen molar-refractivity contribution in [1.29, 1.82) is 0 Å². The van der Waals surface area contributed by atoms with Crippen molar-refractivity contribution in [3.8, 4) is 5.75 Å². The molecule has 1 aromatic rings. The van der Waals surface area contributed by atoms with Crippen molar-refractivity contribution in [2.24, 2.45) is 0 Å². The molecule has 1 rings (SSSR count). The summed E-state index contributed by atoms with van der Waals surface area (Å²) in [7, 11) is 0. The average molecular weight is 445 g/mol. The average Bonchev–Trinajstić information content (AvgIpc) is 2.77. The van der Waals surface area contributed by atoms with E-state index in [1.165, 1.54) is 39.0 Å². The normalized spacial score (nSPS) is 12.2. The number of unbranched alkanes of at least 4 members (excludes halogenated alkanes) is 5. The first-order valence-electron chi connectivity index (χ1n) is 12.0. The van der Waals surface area contributed by atoms with E-state index in [0.717, 1.165) is 24.2 Å². The van der Waals surface area contributed by atoms with E-state index < -0.39 is 0 Å². The standard InChI is InChI=1S/C27H40O5/c1-4-6-7-8-9-10-18-25(32-23(3)28)19-13-11-16-24-17-12-14-20-26(24)31-22-15-21-27(29)30-5-2/h11-14,16-17,19-20,25H,4-10,15,18,21-22H2,1-3H3. The zero-order valence-corrected chi connectivity index (χ0v) is 20.0. The van der Waals surface area contributed by atoms with Crippen LogP contribution in [0.25, 0.3) is 6.08 Å². The number of esters is 2. The van der Waals surface area contributed by atoms with E-state index in [4.69, 9.17) is 14.2 Å². The number of rotatable bonds is 17. The molecule has 0 radical (unpaired) electrons. The van der Waals surface area contributed by atoms with Crippen LogP contribution in [0.3, 0.4) is 0 Å². The van der Waals surface area contributed by atoms with Crippen LogP contribution >= 0.6 is 0 Å². The number of para-hydroxylation sites is 1. The molecule has 5 nitrogen and oxygen atoms in total. The highest BCUT2D eigenvalue weighted by Crippen LogP contribution is 2.20. The summed E-state index contributed by atoms with van der Waals surface area (Å²) in [6.45, 7) is 6.32. The molecule has 1 aromatic carbocycles. The molecule has 0 aliphatic carbocycles. The van der Waals surface area contributed by atoms with Gasteiger partial charge in [0.2, 0.25) is 0 Å².